The van der Waals surface area contributed by atoms with E-state index < -0.39 is 0 Å². The van der Waals surface area contributed by atoms with Crippen LogP contribution in [0.25, 0.3) is 0 Å². The zero-order valence-electron chi connectivity index (χ0n) is 9.92. The topological polar surface area (TPSA) is 52.5 Å². The zero-order valence-corrected chi connectivity index (χ0v) is 9.92. The van der Waals surface area contributed by atoms with Crippen LogP contribution in [0.15, 0.2) is 28.1 Å². The number of allylic oxidation sites excluding steroid dienone is 1. The molecule has 0 aliphatic carbocycles. The Balaban J connectivity index is 2.41. The van der Waals surface area contributed by atoms with Crippen molar-refractivity contribution in [3.05, 3.63) is 29.2 Å². The van der Waals surface area contributed by atoms with E-state index in [4.69, 9.17) is 0 Å². The van der Waals surface area contributed by atoms with Crippen LogP contribution < -0.4 is 5.32 Å². The van der Waals surface area contributed by atoms with Crippen LogP contribution >= 0.6 is 0 Å². The second-order valence-corrected chi connectivity index (χ2v) is 3.70. The molecule has 0 spiro atoms. The highest BCUT2D eigenvalue weighted by atomic mass is 19.1. The van der Waals surface area contributed by atoms with E-state index in [-0.39, 0.29) is 12.4 Å². The third-order valence-electron chi connectivity index (χ3n) is 2.65. The Hall–Kier alpha value is -1.91. The zero-order chi connectivity index (χ0) is 12.3. The van der Waals surface area contributed by atoms with Gasteiger partial charge < -0.3 is 10.3 Å². The fourth-order valence-corrected chi connectivity index (χ4v) is 1.85. The lowest BCUT2D eigenvalue weighted by atomic mass is 10.1. The number of rotatable bonds is 1. The van der Waals surface area contributed by atoms with Crippen molar-refractivity contribution < 1.29 is 4.39 Å². The molecule has 1 aliphatic rings. The summed E-state index contributed by atoms with van der Waals surface area (Å²) in [5.41, 5.74) is 1.92. The molecule has 4 nitrogen and oxygen atoms in total. The van der Waals surface area contributed by atoms with Crippen LogP contribution in [0.1, 0.15) is 18.1 Å². The summed E-state index contributed by atoms with van der Waals surface area (Å²) in [6.45, 7) is 2.07. The van der Waals surface area contributed by atoms with Crippen LogP contribution in [-0.4, -0.2) is 30.6 Å². The molecule has 2 heterocycles. The molecule has 90 valence electrons. The van der Waals surface area contributed by atoms with Gasteiger partial charge in [-0.15, -0.1) is 0 Å². The summed E-state index contributed by atoms with van der Waals surface area (Å²) in [7, 11) is 1.70. The smallest absolute Gasteiger partial charge is 0.155 e. The molecule has 0 unspecified atom stereocenters. The lowest BCUT2D eigenvalue weighted by Gasteiger charge is -2.03. The molecule has 2 N–H and O–H groups in total. The van der Waals surface area contributed by atoms with Crippen molar-refractivity contribution in [2.75, 3.05) is 18.9 Å². The Bertz CT molecular complexity index is 497. The van der Waals surface area contributed by atoms with Crippen molar-refractivity contribution in [3.8, 4) is 0 Å². The van der Waals surface area contributed by atoms with E-state index in [1.165, 1.54) is 0 Å². The molecule has 0 amide bonds. The number of anilines is 1. The predicted molar refractivity (Wildman–Crippen MR) is 68.8 cm³/mol. The van der Waals surface area contributed by atoms with Crippen molar-refractivity contribution in [2.45, 2.75) is 13.3 Å². The van der Waals surface area contributed by atoms with Gasteiger partial charge in [0.2, 0.25) is 0 Å². The van der Waals surface area contributed by atoms with E-state index in [1.54, 1.807) is 19.3 Å². The summed E-state index contributed by atoms with van der Waals surface area (Å²) in [6, 6.07) is 0. The molecule has 1 aromatic rings. The number of aliphatic imine (C=N–C) groups is 2. The first-order valence-corrected chi connectivity index (χ1v) is 5.50. The van der Waals surface area contributed by atoms with E-state index in [1.807, 2.05) is 13.1 Å². The van der Waals surface area contributed by atoms with Crippen LogP contribution in [-0.2, 0) is 6.42 Å². The number of nitrogens with one attached hydrogen (secondary N) is 2. The third-order valence-corrected chi connectivity index (χ3v) is 2.65. The van der Waals surface area contributed by atoms with Crippen LogP contribution in [0.3, 0.4) is 0 Å². The van der Waals surface area contributed by atoms with Crippen LogP contribution in [0.2, 0.25) is 0 Å². The average molecular weight is 234 g/mol. The number of nitrogens with zero attached hydrogens (tertiary/aromatic N) is 2. The van der Waals surface area contributed by atoms with Gasteiger partial charge in [-0.2, -0.15) is 0 Å². The number of halogens is 1. The van der Waals surface area contributed by atoms with E-state index >= 15 is 0 Å². The largest absolute Gasteiger partial charge is 0.365 e. The fraction of sp³-hybridized carbons (Fsp3) is 0.333. The predicted octanol–water partition coefficient (Wildman–Crippen LogP) is 2.30. The molecule has 1 aromatic heterocycles. The Kier molecular flexibility index (Phi) is 3.37. The van der Waals surface area contributed by atoms with Crippen molar-refractivity contribution in [1.29, 1.82) is 0 Å². The molecule has 0 fully saturated rings. The Morgan fingerprint density at radius 3 is 3.06 bits per heavy atom. The molecule has 17 heavy (non-hydrogen) atoms. The molecular weight excluding hydrogens is 219 g/mol. The van der Waals surface area contributed by atoms with Crippen LogP contribution in [0.5, 0.6) is 0 Å². The maximum absolute atomic E-state index is 13.2. The van der Waals surface area contributed by atoms with Crippen LogP contribution in [0.4, 0.5) is 10.2 Å². The van der Waals surface area contributed by atoms with Gasteiger partial charge in [0.05, 0.1) is 6.54 Å². The van der Waals surface area contributed by atoms with Crippen LogP contribution in [0, 0.1) is 0 Å². The monoisotopic (exact) mass is 234 g/mol. The number of hydrogen-bond donors (Lipinski definition) is 2. The second kappa shape index (κ2) is 4.95. The second-order valence-electron chi connectivity index (χ2n) is 3.70. The average Bonchev–Trinajstić information content (AvgIpc) is 2.64. The first-order chi connectivity index (χ1) is 8.26. The summed E-state index contributed by atoms with van der Waals surface area (Å²) >= 11 is 0. The number of hydrogen-bond acceptors (Lipinski definition) is 2. The minimum absolute atomic E-state index is 0.144. The first kappa shape index (κ1) is 11.6. The highest BCUT2D eigenvalue weighted by molar-refractivity contribution is 6.04. The first-order valence-electron chi connectivity index (χ1n) is 5.50. The van der Waals surface area contributed by atoms with Gasteiger partial charge in [0.1, 0.15) is 11.6 Å². The van der Waals surface area contributed by atoms with Gasteiger partial charge in [0.15, 0.2) is 5.84 Å². The van der Waals surface area contributed by atoms with Gasteiger partial charge in [0, 0.05) is 30.6 Å². The van der Waals surface area contributed by atoms with Gasteiger partial charge in [0.25, 0.3) is 0 Å². The van der Waals surface area contributed by atoms with Gasteiger partial charge >= 0.3 is 0 Å². The third kappa shape index (κ3) is 2.27. The molecular formula is C12H15FN4. The molecule has 0 bridgehead atoms. The van der Waals surface area contributed by atoms with Gasteiger partial charge in [-0.25, -0.2) is 9.38 Å². The summed E-state index contributed by atoms with van der Waals surface area (Å²) in [6.07, 6.45) is 5.68. The highest BCUT2D eigenvalue weighted by Crippen LogP contribution is 2.24. The Morgan fingerprint density at radius 1 is 1.53 bits per heavy atom. The Labute approximate surface area is 99.4 Å². The number of fused-ring (bicyclic) bond motifs is 1. The van der Waals surface area contributed by atoms with Crippen molar-refractivity contribution in [3.63, 3.8) is 0 Å². The standard InChI is InChI=1S/C12H15FN4/c1-3-15-11(14-2)10-7-17-12-9(10)5-4-8(13)6-16-12/h3-4,7,16-17H,5-6H2,1-2H3. The van der Waals surface area contributed by atoms with Gasteiger partial charge in [-0.3, -0.25) is 4.99 Å². The van der Waals surface area contributed by atoms with Gasteiger partial charge in [-0.1, -0.05) is 0 Å². The maximum Gasteiger partial charge on any atom is 0.155 e. The highest BCUT2D eigenvalue weighted by Gasteiger charge is 2.16. The minimum atomic E-state index is -0.144. The molecule has 5 heteroatoms. The SMILES string of the molecule is CC=NC(=NC)c1c[nH]c2c1CC=C(F)CN2. The van der Waals surface area contributed by atoms with E-state index in [9.17, 15) is 4.39 Å². The summed E-state index contributed by atoms with van der Waals surface area (Å²) in [4.78, 5) is 11.4. The minimum Gasteiger partial charge on any atom is -0.365 e. The molecule has 0 radical (unpaired) electrons. The quantitative estimate of drug-likeness (QED) is 0.568. The molecule has 0 aromatic carbocycles. The van der Waals surface area contributed by atoms with Crippen molar-refractivity contribution in [1.82, 2.24) is 4.98 Å². The molecule has 1 aliphatic heterocycles. The number of aromatic amines is 1. The Morgan fingerprint density at radius 2 is 2.35 bits per heavy atom. The summed E-state index contributed by atoms with van der Waals surface area (Å²) < 4.78 is 13.2. The van der Waals surface area contributed by atoms with E-state index in [0.717, 1.165) is 16.9 Å². The molecule has 0 saturated heterocycles. The lowest BCUT2D eigenvalue weighted by molar-refractivity contribution is 0.624. The van der Waals surface area contributed by atoms with Crippen molar-refractivity contribution >= 4 is 17.9 Å². The van der Waals surface area contributed by atoms with Crippen molar-refractivity contribution in [2.24, 2.45) is 9.98 Å². The summed E-state index contributed by atoms with van der Waals surface area (Å²) in [5.74, 6) is 1.35. The maximum atomic E-state index is 13.2. The normalized spacial score (nSPS) is 16.4. The number of amidine groups is 1. The van der Waals surface area contributed by atoms with E-state index in [0.29, 0.717) is 12.3 Å². The van der Waals surface area contributed by atoms with E-state index in [2.05, 4.69) is 20.3 Å². The lowest BCUT2D eigenvalue weighted by Crippen LogP contribution is -2.02. The molecule has 2 rings (SSSR count). The molecule has 0 atom stereocenters. The number of H-pyrrole nitrogens is 1. The summed E-state index contributed by atoms with van der Waals surface area (Å²) in [5, 5.41) is 3.01. The fourth-order valence-electron chi connectivity index (χ4n) is 1.85. The number of aromatic nitrogens is 1. The molecule has 0 saturated carbocycles. The van der Waals surface area contributed by atoms with Gasteiger partial charge in [-0.05, 0) is 19.4 Å².